The van der Waals surface area contributed by atoms with E-state index < -0.39 is 0 Å². The highest BCUT2D eigenvalue weighted by molar-refractivity contribution is 5.94. The predicted molar refractivity (Wildman–Crippen MR) is 117 cm³/mol. The van der Waals surface area contributed by atoms with Gasteiger partial charge in [0.05, 0.1) is 51.2 Å². The number of ether oxygens (including phenoxy) is 1. The molecule has 4 rings (SSSR count). The molecule has 0 bridgehead atoms. The zero-order chi connectivity index (χ0) is 21.1. The van der Waals surface area contributed by atoms with Crippen LogP contribution in [0.4, 0.5) is 0 Å². The number of carbonyl (C=O) groups excluding carboxylic acids is 1. The molecular weight excluding hydrogens is 376 g/mol. The zero-order valence-electron chi connectivity index (χ0n) is 17.9. The molecule has 2 heterocycles. The lowest BCUT2D eigenvalue weighted by Gasteiger charge is -2.31. The Morgan fingerprint density at radius 2 is 1.87 bits per heavy atom. The normalized spacial score (nSPS) is 14.7. The molecule has 0 aliphatic carbocycles. The summed E-state index contributed by atoms with van der Waals surface area (Å²) in [4.78, 5) is 17.0. The Hall–Kier alpha value is -3.12. The van der Waals surface area contributed by atoms with E-state index in [1.54, 1.807) is 16.7 Å². The van der Waals surface area contributed by atoms with Gasteiger partial charge in [0.15, 0.2) is 0 Å². The Labute approximate surface area is 177 Å². The predicted octanol–water partition coefficient (Wildman–Crippen LogP) is 2.22. The topological polar surface area (TPSA) is 51.8 Å². The first-order valence-corrected chi connectivity index (χ1v) is 10.5. The summed E-state index contributed by atoms with van der Waals surface area (Å²) in [5, 5.41) is 4.82. The molecule has 1 aliphatic heterocycles. The number of methoxy groups -OCH3 is 1. The first-order valence-electron chi connectivity index (χ1n) is 10.5. The molecule has 156 valence electrons. The second-order valence-corrected chi connectivity index (χ2v) is 7.79. The van der Waals surface area contributed by atoms with E-state index in [1.165, 1.54) is 0 Å². The third kappa shape index (κ3) is 4.09. The number of benzene rings is 2. The number of nitrogens with zero attached hydrogens (tertiary/aromatic N) is 3. The molecule has 6 heteroatoms. The second-order valence-electron chi connectivity index (χ2n) is 7.79. The number of piperazine rings is 1. The Bertz CT molecular complexity index is 1040. The van der Waals surface area contributed by atoms with Crippen LogP contribution in [-0.4, -0.2) is 60.4 Å². The summed E-state index contributed by atoms with van der Waals surface area (Å²) in [5.74, 6) is 0.803. The van der Waals surface area contributed by atoms with Crippen LogP contribution in [0.2, 0.25) is 0 Å². The Kier molecular flexibility index (Phi) is 5.86. The van der Waals surface area contributed by atoms with Crippen molar-refractivity contribution in [2.75, 3.05) is 39.8 Å². The molecule has 0 radical (unpaired) electrons. The van der Waals surface area contributed by atoms with Crippen molar-refractivity contribution >= 4 is 5.91 Å². The van der Waals surface area contributed by atoms with Crippen molar-refractivity contribution < 1.29 is 14.4 Å². The molecule has 30 heavy (non-hydrogen) atoms. The van der Waals surface area contributed by atoms with E-state index in [-0.39, 0.29) is 5.91 Å². The highest BCUT2D eigenvalue weighted by Gasteiger charge is 2.27. The molecule has 1 aliphatic rings. The van der Waals surface area contributed by atoms with Gasteiger partial charge in [-0.15, -0.1) is 0 Å². The van der Waals surface area contributed by atoms with Crippen LogP contribution in [0.1, 0.15) is 23.0 Å². The molecule has 1 saturated heterocycles. The second kappa shape index (κ2) is 8.71. The first-order chi connectivity index (χ1) is 14.6. The summed E-state index contributed by atoms with van der Waals surface area (Å²) in [6, 6.07) is 17.8. The number of carbonyl (C=O) groups is 1. The van der Waals surface area contributed by atoms with Crippen LogP contribution < -0.4 is 9.64 Å². The van der Waals surface area contributed by atoms with Crippen molar-refractivity contribution in [1.29, 1.82) is 0 Å². The van der Waals surface area contributed by atoms with E-state index >= 15 is 0 Å². The van der Waals surface area contributed by atoms with Crippen molar-refractivity contribution in [2.24, 2.45) is 0 Å². The zero-order valence-corrected chi connectivity index (χ0v) is 17.9. The van der Waals surface area contributed by atoms with Crippen LogP contribution in [0.25, 0.3) is 16.9 Å². The maximum atomic E-state index is 13.5. The van der Waals surface area contributed by atoms with Crippen molar-refractivity contribution in [3.05, 3.63) is 65.9 Å². The molecule has 6 nitrogen and oxygen atoms in total. The van der Waals surface area contributed by atoms with Crippen LogP contribution in [0, 0.1) is 6.92 Å². The standard InChI is InChI=1S/C24H28N4O2/c1-4-26-11-13-27(14-12-26)24(29)23-17-22(19-8-6-10-21(16-19)30-3)25-28(23)20-9-5-7-18(2)15-20/h5-10,15-17H,4,11-14H2,1-3H3/p+1. The van der Waals surface area contributed by atoms with Crippen molar-refractivity contribution in [3.63, 3.8) is 0 Å². The third-order valence-electron chi connectivity index (χ3n) is 5.80. The molecule has 0 spiro atoms. The van der Waals surface area contributed by atoms with Gasteiger partial charge in [0.25, 0.3) is 5.91 Å². The molecule has 3 aromatic rings. The monoisotopic (exact) mass is 405 g/mol. The fraction of sp³-hybridized carbons (Fsp3) is 0.333. The number of hydrogen-bond donors (Lipinski definition) is 1. The molecular formula is C24H29N4O2+. The van der Waals surface area contributed by atoms with Gasteiger partial charge in [-0.05, 0) is 49.7 Å². The summed E-state index contributed by atoms with van der Waals surface area (Å²) >= 11 is 0. The smallest absolute Gasteiger partial charge is 0.273 e. The van der Waals surface area contributed by atoms with Gasteiger partial charge >= 0.3 is 0 Å². The van der Waals surface area contributed by atoms with Crippen LogP contribution in [0.5, 0.6) is 5.75 Å². The lowest BCUT2D eigenvalue weighted by Crippen LogP contribution is -3.14. The van der Waals surface area contributed by atoms with E-state index in [0.717, 1.165) is 61.0 Å². The Morgan fingerprint density at radius 1 is 1.10 bits per heavy atom. The number of hydrogen-bond acceptors (Lipinski definition) is 3. The fourth-order valence-corrected chi connectivity index (χ4v) is 3.96. The van der Waals surface area contributed by atoms with Gasteiger partial charge in [-0.2, -0.15) is 5.10 Å². The van der Waals surface area contributed by atoms with Gasteiger partial charge in [-0.1, -0.05) is 24.3 Å². The van der Waals surface area contributed by atoms with Crippen molar-refractivity contribution in [2.45, 2.75) is 13.8 Å². The molecule has 1 fully saturated rings. The summed E-state index contributed by atoms with van der Waals surface area (Å²) < 4.78 is 7.15. The van der Waals surface area contributed by atoms with Crippen LogP contribution in [0.3, 0.4) is 0 Å². The quantitative estimate of drug-likeness (QED) is 0.708. The number of likely N-dealkylation sites (N-methyl/N-ethyl adjacent to an activating group) is 1. The number of aryl methyl sites for hydroxylation is 1. The molecule has 1 aromatic heterocycles. The number of rotatable bonds is 5. The maximum Gasteiger partial charge on any atom is 0.273 e. The largest absolute Gasteiger partial charge is 0.497 e. The van der Waals surface area contributed by atoms with E-state index in [2.05, 4.69) is 13.0 Å². The summed E-state index contributed by atoms with van der Waals surface area (Å²) in [6.45, 7) is 8.87. The average Bonchev–Trinajstić information content (AvgIpc) is 3.24. The van der Waals surface area contributed by atoms with E-state index in [1.807, 2.05) is 60.4 Å². The highest BCUT2D eigenvalue weighted by atomic mass is 16.5. The maximum absolute atomic E-state index is 13.5. The van der Waals surface area contributed by atoms with Gasteiger partial charge in [-0.25, -0.2) is 4.68 Å². The molecule has 0 unspecified atom stereocenters. The van der Waals surface area contributed by atoms with Crippen molar-refractivity contribution in [1.82, 2.24) is 14.7 Å². The van der Waals surface area contributed by atoms with Crippen LogP contribution in [0.15, 0.2) is 54.6 Å². The van der Waals surface area contributed by atoms with Gasteiger partial charge in [-0.3, -0.25) is 4.79 Å². The van der Waals surface area contributed by atoms with Gasteiger partial charge < -0.3 is 14.5 Å². The molecule has 0 atom stereocenters. The van der Waals surface area contributed by atoms with Crippen LogP contribution >= 0.6 is 0 Å². The lowest BCUT2D eigenvalue weighted by molar-refractivity contribution is -0.902. The fourth-order valence-electron chi connectivity index (χ4n) is 3.96. The van der Waals surface area contributed by atoms with Crippen molar-refractivity contribution in [3.8, 4) is 22.7 Å². The van der Waals surface area contributed by atoms with Gasteiger partial charge in [0.1, 0.15) is 11.4 Å². The highest BCUT2D eigenvalue weighted by Crippen LogP contribution is 2.26. The summed E-state index contributed by atoms with van der Waals surface area (Å²) in [5.41, 5.74) is 4.31. The Balaban J connectivity index is 1.74. The molecule has 0 saturated carbocycles. The van der Waals surface area contributed by atoms with Gasteiger partial charge in [0, 0.05) is 5.56 Å². The van der Waals surface area contributed by atoms with E-state index in [4.69, 9.17) is 9.84 Å². The minimum Gasteiger partial charge on any atom is -0.497 e. The summed E-state index contributed by atoms with van der Waals surface area (Å²) in [6.07, 6.45) is 0. The number of amides is 1. The average molecular weight is 406 g/mol. The van der Waals surface area contributed by atoms with Crippen LogP contribution in [-0.2, 0) is 0 Å². The third-order valence-corrected chi connectivity index (χ3v) is 5.80. The summed E-state index contributed by atoms with van der Waals surface area (Å²) in [7, 11) is 1.65. The minimum atomic E-state index is 0.0355. The molecule has 1 N–H and O–H groups in total. The van der Waals surface area contributed by atoms with Gasteiger partial charge in [0.2, 0.25) is 0 Å². The van der Waals surface area contributed by atoms with E-state index in [9.17, 15) is 4.79 Å². The molecule has 2 aromatic carbocycles. The minimum absolute atomic E-state index is 0.0355. The number of quaternary nitrogens is 1. The van der Waals surface area contributed by atoms with E-state index in [0.29, 0.717) is 5.69 Å². The SMILES string of the molecule is CC[NH+]1CCN(C(=O)c2cc(-c3cccc(OC)c3)nn2-c2cccc(C)c2)CC1. The number of aromatic nitrogens is 2. The molecule has 1 amide bonds. The first kappa shape index (κ1) is 20.2. The lowest BCUT2D eigenvalue weighted by atomic mass is 10.1. The number of nitrogens with one attached hydrogen (secondary N) is 1. The Morgan fingerprint density at radius 3 is 2.57 bits per heavy atom.